The van der Waals surface area contributed by atoms with Crippen LogP contribution in [0.25, 0.3) is 130 Å². The minimum absolute atomic E-state index is 0.215. The number of fused-ring (bicyclic) bond motifs is 16. The Labute approximate surface area is 376 Å². The van der Waals surface area contributed by atoms with E-state index in [9.17, 15) is 28.8 Å². The Morgan fingerprint density at radius 1 is 0.235 bits per heavy atom. The van der Waals surface area contributed by atoms with Crippen LogP contribution < -0.4 is 63.2 Å². The molecule has 4 N–H and O–H groups in total. The predicted molar refractivity (Wildman–Crippen MR) is 263 cm³/mol. The average Bonchev–Trinajstić information content (AvgIpc) is 3.38. The number of hydrogen-bond donors (Lipinski definition) is 0. The van der Waals surface area contributed by atoms with Crippen LogP contribution in [0.5, 0.6) is 0 Å². The van der Waals surface area contributed by atoms with Gasteiger partial charge in [0.15, 0.2) is 21.7 Å². The molecule has 12 aromatic carbocycles. The van der Waals surface area contributed by atoms with Gasteiger partial charge in [-0.25, -0.2) is 0 Å². The smallest absolute Gasteiger partial charge is 0.288 e. The molecule has 0 saturated heterocycles. The molecule has 0 aliphatic carbocycles. The van der Waals surface area contributed by atoms with E-state index in [1.54, 1.807) is 121 Å². The van der Waals surface area contributed by atoms with Gasteiger partial charge in [0.25, 0.3) is 44.1 Å². The van der Waals surface area contributed by atoms with Crippen molar-refractivity contribution in [2.24, 2.45) is 10.2 Å². The molecule has 12 nitrogen and oxygen atoms in total. The molecule has 0 aliphatic heterocycles. The van der Waals surface area contributed by atoms with E-state index in [4.69, 9.17) is 10.2 Å². The monoisotopic (exact) mass is 880 g/mol. The molecule has 12 heteroatoms. The molecule has 0 radical (unpaired) electrons. The number of aromatic nitrogens is 4. The van der Waals surface area contributed by atoms with Crippen molar-refractivity contribution in [2.75, 3.05) is 0 Å². The fourth-order valence-electron chi connectivity index (χ4n) is 10.6. The van der Waals surface area contributed by atoms with E-state index in [0.29, 0.717) is 130 Å². The highest BCUT2D eigenvalue weighted by molar-refractivity contribution is 6.13. The topological polar surface area (TPSA) is 184 Å². The van der Waals surface area contributed by atoms with Gasteiger partial charge in [-0.3, -0.25) is 28.8 Å². The molecule has 314 valence electrons. The molecular formula is C56H28N6O6+4. The molecule has 0 fully saturated rings. The number of benzene rings is 12. The highest BCUT2D eigenvalue weighted by Gasteiger charge is 2.28. The lowest BCUT2D eigenvalue weighted by molar-refractivity contribution is -0.359. The van der Waals surface area contributed by atoms with E-state index in [-0.39, 0.29) is 43.3 Å². The summed E-state index contributed by atoms with van der Waals surface area (Å²) in [6, 6.07) is 41.7. The molecular weight excluding hydrogens is 853 g/mol. The van der Waals surface area contributed by atoms with Crippen molar-refractivity contribution in [3.63, 3.8) is 0 Å². The lowest BCUT2D eigenvalue weighted by Crippen LogP contribution is -2.25. The number of H-pyrrole nitrogens is 4. The van der Waals surface area contributed by atoms with Crippen LogP contribution in [0.1, 0.15) is 0 Å². The molecule has 0 atom stereocenters. The molecule has 0 spiro atoms. The fraction of sp³-hybridized carbons (Fsp3) is 0. The minimum Gasteiger partial charge on any atom is -0.289 e. The molecule has 14 rings (SSSR count). The van der Waals surface area contributed by atoms with Crippen LogP contribution in [-0.2, 0) is 0 Å². The zero-order valence-electron chi connectivity index (χ0n) is 35.2. The molecule has 2 aromatic heterocycles. The van der Waals surface area contributed by atoms with Crippen molar-refractivity contribution in [2.45, 2.75) is 0 Å². The van der Waals surface area contributed by atoms with E-state index in [1.165, 1.54) is 0 Å². The summed E-state index contributed by atoms with van der Waals surface area (Å²) in [5.74, 6) is 0. The molecule has 0 bridgehead atoms. The maximum Gasteiger partial charge on any atom is 0.288 e. The summed E-state index contributed by atoms with van der Waals surface area (Å²) >= 11 is 0. The Kier molecular flexibility index (Phi) is 7.44. The predicted octanol–water partition coefficient (Wildman–Crippen LogP) is 5.11. The van der Waals surface area contributed by atoms with Gasteiger partial charge in [0.1, 0.15) is 21.5 Å². The third-order valence-electron chi connectivity index (χ3n) is 13.7. The Balaban J connectivity index is 1.13. The van der Waals surface area contributed by atoms with Crippen molar-refractivity contribution in [3.8, 4) is 0 Å². The van der Waals surface area contributed by atoms with Crippen molar-refractivity contribution >= 4 is 130 Å². The highest BCUT2D eigenvalue weighted by atomic mass is 16.1. The zero-order chi connectivity index (χ0) is 45.7. The molecule has 2 heterocycles. The minimum atomic E-state index is -0.277. The lowest BCUT2D eigenvalue weighted by atomic mass is 9.99. The maximum absolute atomic E-state index is 14.4. The molecule has 0 unspecified atom stereocenters. The van der Waals surface area contributed by atoms with Gasteiger partial charge >= 0.3 is 0 Å². The van der Waals surface area contributed by atoms with Crippen molar-refractivity contribution < 1.29 is 19.9 Å². The number of nitrogens with zero attached hydrogens (tertiary/aromatic N) is 2. The van der Waals surface area contributed by atoms with Crippen molar-refractivity contribution in [3.05, 3.63) is 218 Å². The second-order valence-electron chi connectivity index (χ2n) is 17.2. The van der Waals surface area contributed by atoms with Gasteiger partial charge in [-0.05, 0) is 24.3 Å². The summed E-state index contributed by atoms with van der Waals surface area (Å²) in [6.45, 7) is 0. The SMILES string of the molecule is O=c1c2ccccc2c(=O)c2c1ccc1[nH+]c3c(ccc4c(=O)c5ccccc5c(=NN=c5c6ccccc6c(=O)c6ccc7[nH+]c8c(ccc9c(=O)c%10ccccc%10c(=O)c98)[nH+]c7c56)c43)[nH+]c12. The number of nitrogens with one attached hydrogen (secondary N) is 4. The van der Waals surface area contributed by atoms with Gasteiger partial charge in [-0.2, -0.15) is 19.9 Å². The summed E-state index contributed by atoms with van der Waals surface area (Å²) in [5, 5.41) is 16.9. The third kappa shape index (κ3) is 4.91. The first-order chi connectivity index (χ1) is 33.2. The Morgan fingerprint density at radius 3 is 0.779 bits per heavy atom. The van der Waals surface area contributed by atoms with Crippen LogP contribution >= 0.6 is 0 Å². The lowest BCUT2D eigenvalue weighted by Gasteiger charge is -2.04. The second-order valence-corrected chi connectivity index (χ2v) is 17.2. The van der Waals surface area contributed by atoms with E-state index >= 15 is 0 Å². The quantitative estimate of drug-likeness (QED) is 0.125. The van der Waals surface area contributed by atoms with Gasteiger partial charge < -0.3 is 0 Å². The Morgan fingerprint density at radius 2 is 0.471 bits per heavy atom. The number of hydrogen-bond acceptors (Lipinski definition) is 8. The van der Waals surface area contributed by atoms with E-state index in [0.717, 1.165) is 0 Å². The molecule has 14 aromatic rings. The van der Waals surface area contributed by atoms with E-state index in [1.807, 2.05) is 24.3 Å². The summed E-state index contributed by atoms with van der Waals surface area (Å²) in [4.78, 5) is 98.1. The van der Waals surface area contributed by atoms with Crippen molar-refractivity contribution in [1.29, 1.82) is 0 Å². The van der Waals surface area contributed by atoms with Crippen LogP contribution in [0, 0.1) is 0 Å². The molecule has 0 aliphatic rings. The van der Waals surface area contributed by atoms with Gasteiger partial charge in [-0.15, -0.1) is 10.2 Å². The zero-order valence-corrected chi connectivity index (χ0v) is 35.2. The molecule has 0 saturated carbocycles. The normalized spacial score (nSPS) is 12.9. The highest BCUT2D eigenvalue weighted by Crippen LogP contribution is 2.25. The van der Waals surface area contributed by atoms with Gasteiger partial charge in [0.05, 0.1) is 10.8 Å². The van der Waals surface area contributed by atoms with Crippen LogP contribution in [0.2, 0.25) is 0 Å². The first kappa shape index (κ1) is 37.7. The Hall–Kier alpha value is -9.68. The summed E-state index contributed by atoms with van der Waals surface area (Å²) in [6.07, 6.45) is 0. The number of aromatic amines is 4. The van der Waals surface area contributed by atoms with Crippen LogP contribution in [0.4, 0.5) is 0 Å². The first-order valence-electron chi connectivity index (χ1n) is 21.8. The maximum atomic E-state index is 14.4. The summed E-state index contributed by atoms with van der Waals surface area (Å²) in [5.41, 5.74) is 2.59. The first-order valence-corrected chi connectivity index (χ1v) is 21.8. The second kappa shape index (κ2) is 13.4. The Bertz CT molecular complexity index is 4920. The largest absolute Gasteiger partial charge is 0.289 e. The molecule has 0 amide bonds. The fourth-order valence-corrected chi connectivity index (χ4v) is 10.6. The summed E-state index contributed by atoms with van der Waals surface area (Å²) in [7, 11) is 0. The van der Waals surface area contributed by atoms with Crippen LogP contribution in [0.15, 0.2) is 185 Å². The van der Waals surface area contributed by atoms with E-state index in [2.05, 4.69) is 19.9 Å². The third-order valence-corrected chi connectivity index (χ3v) is 13.7. The van der Waals surface area contributed by atoms with Crippen LogP contribution in [-0.4, -0.2) is 0 Å². The van der Waals surface area contributed by atoms with Crippen molar-refractivity contribution in [1.82, 2.24) is 0 Å². The average molecular weight is 881 g/mol. The molecule has 68 heavy (non-hydrogen) atoms. The number of rotatable bonds is 1. The van der Waals surface area contributed by atoms with Crippen LogP contribution in [0.3, 0.4) is 0 Å². The van der Waals surface area contributed by atoms with Gasteiger partial charge in [0.2, 0.25) is 10.9 Å². The van der Waals surface area contributed by atoms with E-state index < -0.39 is 0 Å². The van der Waals surface area contributed by atoms with Gasteiger partial charge in [-0.1, -0.05) is 97.1 Å². The standard InChI is InChI=1S/C56H24N6O6/c63-51-27-11-3-1-9-25(27)45(41-33(51)17-21-37-47(41)57-39-23-19-35-43(49(39)59-37)55(67)31-15-7-5-13-29(31)53(35)65)61-62-46-26-10-2-4-12-28(26)52(64)34-18-22-38-48(42(34)46)58-40-24-20-36-44(50(40)60-38)56(68)32-16-8-6-14-30(32)54(36)66/h1-24H/p+4. The summed E-state index contributed by atoms with van der Waals surface area (Å²) < 4.78 is 0. The van der Waals surface area contributed by atoms with Gasteiger partial charge in [0, 0.05) is 88.9 Å².